The number of amides is 1. The average molecular weight is 565 g/mol. The molecule has 9 heteroatoms. The first-order valence-corrected chi connectivity index (χ1v) is 13.9. The van der Waals surface area contributed by atoms with E-state index in [1.54, 1.807) is 33.0 Å². The zero-order valence-electron chi connectivity index (χ0n) is 24.5. The third-order valence-corrected chi connectivity index (χ3v) is 6.53. The molecule has 0 bridgehead atoms. The average Bonchev–Trinajstić information content (AvgIpc) is 3.31. The molecule has 220 valence electrons. The summed E-state index contributed by atoms with van der Waals surface area (Å²) >= 11 is 0. The van der Waals surface area contributed by atoms with E-state index in [-0.39, 0.29) is 19.4 Å². The summed E-state index contributed by atoms with van der Waals surface area (Å²) in [5, 5.41) is 3.55. The number of methoxy groups -OCH3 is 1. The van der Waals surface area contributed by atoms with Crippen molar-refractivity contribution < 1.29 is 33.4 Å². The van der Waals surface area contributed by atoms with E-state index in [0.29, 0.717) is 23.9 Å². The summed E-state index contributed by atoms with van der Waals surface area (Å²) < 4.78 is 17.4. The summed E-state index contributed by atoms with van der Waals surface area (Å²) in [5.41, 5.74) is 1.44. The lowest BCUT2D eigenvalue weighted by Crippen LogP contribution is -2.45. The maximum atomic E-state index is 13.6. The molecular formula is C32H40N2O7. The minimum absolute atomic E-state index is 0.0766. The molecule has 1 heterocycles. The van der Waals surface area contributed by atoms with E-state index in [0.717, 1.165) is 17.4 Å². The van der Waals surface area contributed by atoms with Crippen molar-refractivity contribution in [3.05, 3.63) is 71.9 Å². The molecule has 0 saturated heterocycles. The lowest BCUT2D eigenvalue weighted by Gasteiger charge is -2.21. The fourth-order valence-corrected chi connectivity index (χ4v) is 4.49. The number of para-hydroxylation sites is 1. The number of fused-ring (bicyclic) bond motifs is 1. The molecule has 2 aromatic carbocycles. The van der Waals surface area contributed by atoms with Crippen molar-refractivity contribution >= 4 is 34.8 Å². The molecule has 9 nitrogen and oxygen atoms in total. The molecule has 0 saturated carbocycles. The second kappa shape index (κ2) is 14.5. The molecule has 0 radical (unpaired) electrons. The fraction of sp³-hybridized carbons (Fsp3) is 0.438. The number of ether oxygens (including phenoxy) is 3. The Kier molecular flexibility index (Phi) is 11.1. The number of benzene rings is 2. The predicted molar refractivity (Wildman–Crippen MR) is 155 cm³/mol. The Balaban J connectivity index is 1.89. The second-order valence-corrected chi connectivity index (χ2v) is 11.0. The number of rotatable bonds is 12. The van der Waals surface area contributed by atoms with Crippen molar-refractivity contribution in [1.29, 1.82) is 0 Å². The van der Waals surface area contributed by atoms with Crippen LogP contribution in [-0.2, 0) is 41.6 Å². The van der Waals surface area contributed by atoms with Crippen molar-refractivity contribution in [1.82, 2.24) is 9.88 Å². The zero-order chi connectivity index (χ0) is 30.0. The van der Waals surface area contributed by atoms with Gasteiger partial charge in [-0.25, -0.2) is 9.59 Å². The third-order valence-electron chi connectivity index (χ3n) is 6.53. The summed E-state index contributed by atoms with van der Waals surface area (Å²) in [5.74, 6) is -2.43. The van der Waals surface area contributed by atoms with Gasteiger partial charge in [0.25, 0.3) is 0 Å². The van der Waals surface area contributed by atoms with E-state index in [1.165, 1.54) is 11.7 Å². The van der Waals surface area contributed by atoms with E-state index in [9.17, 15) is 19.2 Å². The van der Waals surface area contributed by atoms with Crippen LogP contribution in [0.2, 0.25) is 0 Å². The number of aromatic nitrogens is 1. The van der Waals surface area contributed by atoms with E-state index in [2.05, 4.69) is 5.32 Å². The molecule has 41 heavy (non-hydrogen) atoms. The Morgan fingerprint density at radius 1 is 0.976 bits per heavy atom. The van der Waals surface area contributed by atoms with Gasteiger partial charge in [-0.05, 0) is 50.8 Å². The van der Waals surface area contributed by atoms with Gasteiger partial charge in [-0.15, -0.1) is 0 Å². The topological polar surface area (TPSA) is 113 Å². The largest absolute Gasteiger partial charge is 0.467 e. The first kappa shape index (κ1) is 31.4. The van der Waals surface area contributed by atoms with Crippen LogP contribution in [0.15, 0.2) is 60.8 Å². The van der Waals surface area contributed by atoms with Crippen LogP contribution >= 0.6 is 0 Å². The van der Waals surface area contributed by atoms with Crippen molar-refractivity contribution in [3.63, 3.8) is 0 Å². The van der Waals surface area contributed by atoms with Crippen LogP contribution in [0.4, 0.5) is 4.79 Å². The van der Waals surface area contributed by atoms with Crippen molar-refractivity contribution in [3.8, 4) is 0 Å². The molecule has 1 unspecified atom stereocenters. The van der Waals surface area contributed by atoms with Gasteiger partial charge in [-0.2, -0.15) is 0 Å². The molecule has 0 fully saturated rings. The zero-order valence-corrected chi connectivity index (χ0v) is 24.5. The van der Waals surface area contributed by atoms with Crippen LogP contribution in [-0.4, -0.2) is 47.3 Å². The fourth-order valence-electron chi connectivity index (χ4n) is 4.49. The molecule has 0 aliphatic heterocycles. The molecule has 0 aliphatic rings. The Morgan fingerprint density at radius 2 is 1.66 bits per heavy atom. The summed E-state index contributed by atoms with van der Waals surface area (Å²) in [6.45, 7) is 7.43. The highest BCUT2D eigenvalue weighted by atomic mass is 16.6. The Labute approximate surface area is 241 Å². The minimum Gasteiger partial charge on any atom is -0.467 e. The summed E-state index contributed by atoms with van der Waals surface area (Å²) in [6, 6.07) is 15.7. The minimum atomic E-state index is -0.870. The van der Waals surface area contributed by atoms with Gasteiger partial charge in [-0.3, -0.25) is 14.2 Å². The van der Waals surface area contributed by atoms with E-state index in [1.807, 2.05) is 55.5 Å². The molecule has 3 rings (SSSR count). The lowest BCUT2D eigenvalue weighted by molar-refractivity contribution is -0.149. The molecular weight excluding hydrogens is 524 g/mol. The molecule has 1 amide bonds. The predicted octanol–water partition coefficient (Wildman–Crippen LogP) is 5.56. The molecule has 0 aliphatic carbocycles. The standard InChI is InChI=1S/C32H40N2O7/c1-6-7-16-26(30(37)39-5)33-29(36)23(19-28(35)40-21-22-13-9-8-10-14-22)18-24-20-34(31(38)41-32(2,3)4)27-17-12-11-15-25(24)27/h8-15,17,20,23,26H,6-7,16,18-19,21H2,1-5H3,(H,33,36)/t23?,26-/m0/s1. The monoisotopic (exact) mass is 564 g/mol. The molecule has 1 N–H and O–H groups in total. The normalized spacial score (nSPS) is 12.8. The van der Waals surface area contributed by atoms with Gasteiger partial charge >= 0.3 is 18.0 Å². The van der Waals surface area contributed by atoms with Gasteiger partial charge < -0.3 is 19.5 Å². The van der Waals surface area contributed by atoms with Crippen molar-refractivity contribution in [2.75, 3.05) is 7.11 Å². The Bertz CT molecular complexity index is 1340. The van der Waals surface area contributed by atoms with Gasteiger partial charge in [-0.1, -0.05) is 68.3 Å². The van der Waals surface area contributed by atoms with E-state index >= 15 is 0 Å². The number of nitrogens with zero attached hydrogens (tertiary/aromatic N) is 1. The summed E-state index contributed by atoms with van der Waals surface area (Å²) in [4.78, 5) is 51.9. The highest BCUT2D eigenvalue weighted by Crippen LogP contribution is 2.26. The number of nitrogens with one attached hydrogen (secondary N) is 1. The quantitative estimate of drug-likeness (QED) is 0.226. The van der Waals surface area contributed by atoms with Crippen LogP contribution in [0.25, 0.3) is 10.9 Å². The van der Waals surface area contributed by atoms with E-state index < -0.39 is 41.5 Å². The van der Waals surface area contributed by atoms with Crippen molar-refractivity contribution in [2.24, 2.45) is 5.92 Å². The lowest BCUT2D eigenvalue weighted by atomic mass is 9.94. The number of carbonyl (C=O) groups is 4. The maximum absolute atomic E-state index is 13.6. The third kappa shape index (κ3) is 9.20. The highest BCUT2D eigenvalue weighted by molar-refractivity contribution is 5.93. The molecule has 1 aromatic heterocycles. The molecule has 0 spiro atoms. The van der Waals surface area contributed by atoms with Gasteiger partial charge in [0.2, 0.25) is 5.91 Å². The van der Waals surface area contributed by atoms with Crippen molar-refractivity contribution in [2.45, 2.75) is 78.0 Å². The van der Waals surface area contributed by atoms with Gasteiger partial charge in [0, 0.05) is 11.6 Å². The molecule has 2 atom stereocenters. The SMILES string of the molecule is CCCC[C@H](NC(=O)C(CC(=O)OCc1ccccc1)Cc1cn(C(=O)OC(C)(C)C)c2ccccc12)C(=O)OC. The van der Waals surface area contributed by atoms with E-state index in [4.69, 9.17) is 14.2 Å². The second-order valence-electron chi connectivity index (χ2n) is 11.0. The Hall–Kier alpha value is -4.14. The summed E-state index contributed by atoms with van der Waals surface area (Å²) in [6.07, 6.45) is 2.97. The van der Waals surface area contributed by atoms with Crippen LogP contribution in [0.3, 0.4) is 0 Å². The highest BCUT2D eigenvalue weighted by Gasteiger charge is 2.30. The molecule has 3 aromatic rings. The van der Waals surface area contributed by atoms with Gasteiger partial charge in [0.15, 0.2) is 0 Å². The van der Waals surface area contributed by atoms with Gasteiger partial charge in [0.05, 0.1) is 25.0 Å². The Morgan fingerprint density at radius 3 is 2.32 bits per heavy atom. The number of unbranched alkanes of at least 4 members (excludes halogenated alkanes) is 1. The first-order chi connectivity index (χ1) is 19.5. The van der Waals surface area contributed by atoms with Crippen LogP contribution < -0.4 is 5.32 Å². The first-order valence-electron chi connectivity index (χ1n) is 13.9. The van der Waals surface area contributed by atoms with Gasteiger partial charge in [0.1, 0.15) is 18.2 Å². The maximum Gasteiger partial charge on any atom is 0.419 e. The van der Waals surface area contributed by atoms with Crippen LogP contribution in [0.5, 0.6) is 0 Å². The number of carbonyl (C=O) groups excluding carboxylic acids is 4. The number of hydrogen-bond acceptors (Lipinski definition) is 7. The number of esters is 2. The van der Waals surface area contributed by atoms with Crippen LogP contribution in [0.1, 0.15) is 64.5 Å². The summed E-state index contributed by atoms with van der Waals surface area (Å²) in [7, 11) is 1.28. The smallest absolute Gasteiger partial charge is 0.419 e. The number of hydrogen-bond donors (Lipinski definition) is 1. The van der Waals surface area contributed by atoms with Crippen LogP contribution in [0, 0.1) is 5.92 Å².